The first kappa shape index (κ1) is 13.6. The van der Waals surface area contributed by atoms with Gasteiger partial charge in [0.05, 0.1) is 6.04 Å². The van der Waals surface area contributed by atoms with E-state index in [9.17, 15) is 5.11 Å². The monoisotopic (exact) mass is 282 g/mol. The van der Waals surface area contributed by atoms with E-state index in [4.69, 9.17) is 0 Å². The molecule has 2 N–H and O–H groups in total. The predicted octanol–water partition coefficient (Wildman–Crippen LogP) is 2.59. The Morgan fingerprint density at radius 2 is 2.10 bits per heavy atom. The van der Waals surface area contributed by atoms with Crippen molar-refractivity contribution in [3.63, 3.8) is 0 Å². The minimum absolute atomic E-state index is 0.0299. The molecular weight excluding hydrogens is 264 g/mol. The van der Waals surface area contributed by atoms with Gasteiger partial charge in [0.15, 0.2) is 11.5 Å². The zero-order valence-electron chi connectivity index (χ0n) is 12.1. The lowest BCUT2D eigenvalue weighted by Gasteiger charge is -2.13. The van der Waals surface area contributed by atoms with Crippen LogP contribution in [0.5, 0.6) is 5.75 Å². The summed E-state index contributed by atoms with van der Waals surface area (Å²) in [6, 6.07) is 11.5. The largest absolute Gasteiger partial charge is 0.508 e. The Morgan fingerprint density at radius 3 is 2.95 bits per heavy atom. The zero-order valence-corrected chi connectivity index (χ0v) is 12.1. The normalized spacial score (nSPS) is 12.7. The predicted molar refractivity (Wildman–Crippen MR) is 81.1 cm³/mol. The molecule has 0 radical (unpaired) electrons. The molecule has 2 aromatic heterocycles. The highest BCUT2D eigenvalue weighted by Crippen LogP contribution is 2.19. The van der Waals surface area contributed by atoms with Gasteiger partial charge < -0.3 is 10.4 Å². The fourth-order valence-corrected chi connectivity index (χ4v) is 2.37. The van der Waals surface area contributed by atoms with Gasteiger partial charge >= 0.3 is 0 Å². The van der Waals surface area contributed by atoms with E-state index >= 15 is 0 Å². The Bertz CT molecular complexity index is 766. The van der Waals surface area contributed by atoms with Crippen LogP contribution in [-0.4, -0.2) is 19.7 Å². The van der Waals surface area contributed by atoms with Crippen molar-refractivity contribution in [2.24, 2.45) is 0 Å². The van der Waals surface area contributed by atoms with E-state index in [1.54, 1.807) is 6.07 Å². The summed E-state index contributed by atoms with van der Waals surface area (Å²) >= 11 is 0. The number of hydrogen-bond donors (Lipinski definition) is 2. The number of phenols is 1. The van der Waals surface area contributed by atoms with Crippen LogP contribution in [0.15, 0.2) is 42.6 Å². The molecule has 0 fully saturated rings. The van der Waals surface area contributed by atoms with Gasteiger partial charge in [-0.1, -0.05) is 23.8 Å². The number of nitrogens with zero attached hydrogens (tertiary/aromatic N) is 3. The Hall–Kier alpha value is -2.40. The molecule has 0 aliphatic rings. The number of aromatic hydroxyl groups is 1. The molecule has 1 aromatic carbocycles. The molecule has 0 aliphatic carbocycles. The van der Waals surface area contributed by atoms with Crippen molar-refractivity contribution in [2.45, 2.75) is 26.4 Å². The first-order chi connectivity index (χ1) is 10.1. The first-order valence-electron chi connectivity index (χ1n) is 6.96. The molecule has 0 saturated carbocycles. The fourth-order valence-electron chi connectivity index (χ4n) is 2.37. The number of rotatable bonds is 4. The van der Waals surface area contributed by atoms with Crippen molar-refractivity contribution in [3.05, 3.63) is 59.5 Å². The standard InChI is InChI=1S/C16H18N4O/c1-11-6-7-14(21)13(9-11)10-17-12(2)16-19-18-15-5-3-4-8-20(15)16/h3-9,12,17,21H,10H2,1-2H3. The molecule has 3 rings (SSSR count). The number of hydrogen-bond acceptors (Lipinski definition) is 4. The van der Waals surface area contributed by atoms with Gasteiger partial charge in [-0.15, -0.1) is 10.2 Å². The quantitative estimate of drug-likeness (QED) is 0.772. The lowest BCUT2D eigenvalue weighted by molar-refractivity contribution is 0.458. The van der Waals surface area contributed by atoms with Crippen molar-refractivity contribution < 1.29 is 5.11 Å². The lowest BCUT2D eigenvalue weighted by Crippen LogP contribution is -2.20. The molecule has 5 heteroatoms. The van der Waals surface area contributed by atoms with Crippen LogP contribution in [-0.2, 0) is 6.54 Å². The number of phenolic OH excluding ortho intramolecular Hbond substituents is 1. The second-order valence-electron chi connectivity index (χ2n) is 5.22. The maximum Gasteiger partial charge on any atom is 0.160 e. The Balaban J connectivity index is 1.77. The third-order valence-corrected chi connectivity index (χ3v) is 3.56. The topological polar surface area (TPSA) is 62.5 Å². The van der Waals surface area contributed by atoms with E-state index in [2.05, 4.69) is 15.5 Å². The molecule has 0 amide bonds. The van der Waals surface area contributed by atoms with Gasteiger partial charge in [-0.3, -0.25) is 4.40 Å². The average Bonchev–Trinajstić information content (AvgIpc) is 2.92. The van der Waals surface area contributed by atoms with Gasteiger partial charge in [-0.2, -0.15) is 0 Å². The molecular formula is C16H18N4O. The summed E-state index contributed by atoms with van der Waals surface area (Å²) in [6.07, 6.45) is 1.95. The third-order valence-electron chi connectivity index (χ3n) is 3.56. The van der Waals surface area contributed by atoms with E-state index in [1.807, 2.05) is 54.8 Å². The van der Waals surface area contributed by atoms with Crippen LogP contribution in [0.3, 0.4) is 0 Å². The lowest BCUT2D eigenvalue weighted by atomic mass is 10.1. The highest BCUT2D eigenvalue weighted by molar-refractivity contribution is 5.38. The summed E-state index contributed by atoms with van der Waals surface area (Å²) in [5.41, 5.74) is 2.85. The summed E-state index contributed by atoms with van der Waals surface area (Å²) in [4.78, 5) is 0. The summed E-state index contributed by atoms with van der Waals surface area (Å²) in [6.45, 7) is 4.63. The van der Waals surface area contributed by atoms with Crippen LogP contribution in [0.4, 0.5) is 0 Å². The maximum atomic E-state index is 9.88. The maximum absolute atomic E-state index is 9.88. The minimum atomic E-state index is 0.0299. The van der Waals surface area contributed by atoms with E-state index in [-0.39, 0.29) is 6.04 Å². The summed E-state index contributed by atoms with van der Waals surface area (Å²) in [7, 11) is 0. The number of benzene rings is 1. The van der Waals surface area contributed by atoms with E-state index in [0.717, 1.165) is 22.6 Å². The molecule has 5 nitrogen and oxygen atoms in total. The second-order valence-corrected chi connectivity index (χ2v) is 5.22. The SMILES string of the molecule is Cc1ccc(O)c(CNC(C)c2nnc3ccccn23)c1. The minimum Gasteiger partial charge on any atom is -0.508 e. The molecule has 1 unspecified atom stereocenters. The van der Waals surface area contributed by atoms with Crippen LogP contribution in [0, 0.1) is 6.92 Å². The summed E-state index contributed by atoms with van der Waals surface area (Å²) < 4.78 is 1.97. The molecule has 0 bridgehead atoms. The van der Waals surface area contributed by atoms with Crippen LogP contribution in [0.25, 0.3) is 5.65 Å². The third kappa shape index (κ3) is 2.73. The van der Waals surface area contributed by atoms with Gasteiger partial charge in [-0.05, 0) is 32.0 Å². The number of nitrogens with one attached hydrogen (secondary N) is 1. The van der Waals surface area contributed by atoms with Gasteiger partial charge in [0.25, 0.3) is 0 Å². The summed E-state index contributed by atoms with van der Waals surface area (Å²) in [5.74, 6) is 1.17. The smallest absolute Gasteiger partial charge is 0.160 e. The number of fused-ring (bicyclic) bond motifs is 1. The molecule has 0 aliphatic heterocycles. The number of pyridine rings is 1. The first-order valence-corrected chi connectivity index (χ1v) is 6.96. The van der Waals surface area contributed by atoms with Crippen molar-refractivity contribution in [1.82, 2.24) is 19.9 Å². The average molecular weight is 282 g/mol. The van der Waals surface area contributed by atoms with Gasteiger partial charge in [-0.25, -0.2) is 0 Å². The fraction of sp³-hybridized carbons (Fsp3) is 0.250. The van der Waals surface area contributed by atoms with Crippen molar-refractivity contribution in [2.75, 3.05) is 0 Å². The Morgan fingerprint density at radius 1 is 1.24 bits per heavy atom. The highest BCUT2D eigenvalue weighted by Gasteiger charge is 2.13. The molecule has 21 heavy (non-hydrogen) atoms. The molecule has 2 heterocycles. The van der Waals surface area contributed by atoms with E-state index < -0.39 is 0 Å². The van der Waals surface area contributed by atoms with E-state index in [0.29, 0.717) is 12.3 Å². The molecule has 0 spiro atoms. The Labute approximate surface area is 123 Å². The number of aryl methyl sites for hydroxylation is 1. The van der Waals surface area contributed by atoms with Crippen LogP contribution < -0.4 is 5.32 Å². The van der Waals surface area contributed by atoms with Crippen LogP contribution in [0.1, 0.15) is 29.9 Å². The highest BCUT2D eigenvalue weighted by atomic mass is 16.3. The molecule has 0 saturated heterocycles. The van der Waals surface area contributed by atoms with Crippen molar-refractivity contribution in [1.29, 1.82) is 0 Å². The molecule has 108 valence electrons. The van der Waals surface area contributed by atoms with E-state index in [1.165, 1.54) is 0 Å². The van der Waals surface area contributed by atoms with Gasteiger partial charge in [0.2, 0.25) is 0 Å². The molecule has 3 aromatic rings. The second kappa shape index (κ2) is 5.54. The van der Waals surface area contributed by atoms with Crippen molar-refractivity contribution >= 4 is 5.65 Å². The van der Waals surface area contributed by atoms with Crippen LogP contribution >= 0.6 is 0 Å². The van der Waals surface area contributed by atoms with Crippen molar-refractivity contribution in [3.8, 4) is 5.75 Å². The van der Waals surface area contributed by atoms with Gasteiger partial charge in [0.1, 0.15) is 5.75 Å². The number of aromatic nitrogens is 3. The Kier molecular flexibility index (Phi) is 3.58. The summed E-state index contributed by atoms with van der Waals surface area (Å²) in [5, 5.41) is 21.6. The zero-order chi connectivity index (χ0) is 14.8. The molecule has 1 atom stereocenters. The van der Waals surface area contributed by atoms with Gasteiger partial charge in [0, 0.05) is 18.3 Å². The van der Waals surface area contributed by atoms with Crippen LogP contribution in [0.2, 0.25) is 0 Å².